The molecule has 1 heterocycles. The molecule has 1 aromatic rings. The van der Waals surface area contributed by atoms with E-state index < -0.39 is 12.2 Å². The molecule has 0 saturated carbocycles. The highest BCUT2D eigenvalue weighted by molar-refractivity contribution is 5.74. The van der Waals surface area contributed by atoms with Crippen LogP contribution in [0.2, 0.25) is 0 Å². The number of rotatable bonds is 5. The van der Waals surface area contributed by atoms with Crippen LogP contribution >= 0.6 is 0 Å². The molecule has 1 aromatic heterocycles. The molecule has 6 heteroatoms. The molecule has 1 rings (SSSR count). The Balaban J connectivity index is 2.63. The van der Waals surface area contributed by atoms with Crippen LogP contribution in [0.25, 0.3) is 0 Å². The Kier molecular flexibility index (Phi) is 4.74. The Morgan fingerprint density at radius 3 is 2.71 bits per heavy atom. The zero-order chi connectivity index (χ0) is 12.8. The number of amides is 1. The molecule has 1 amide bonds. The first-order valence-corrected chi connectivity index (χ1v) is 5.06. The summed E-state index contributed by atoms with van der Waals surface area (Å²) in [5, 5.41) is 21.7. The fraction of sp³-hybridized carbons (Fsp3) is 0.364. The number of nitrogens with one attached hydrogen (secondary N) is 1. The summed E-state index contributed by atoms with van der Waals surface area (Å²) in [6.45, 7) is 1.25. The summed E-state index contributed by atoms with van der Waals surface area (Å²) >= 11 is 0. The van der Waals surface area contributed by atoms with Gasteiger partial charge in [0.2, 0.25) is 5.91 Å². The number of aromatic nitrogens is 1. The van der Waals surface area contributed by atoms with Crippen molar-refractivity contribution in [1.29, 1.82) is 0 Å². The highest BCUT2D eigenvalue weighted by atomic mass is 16.3. The van der Waals surface area contributed by atoms with Gasteiger partial charge >= 0.3 is 0 Å². The van der Waals surface area contributed by atoms with Crippen LogP contribution in [0.1, 0.15) is 29.1 Å². The molecule has 0 aliphatic heterocycles. The zero-order valence-electron chi connectivity index (χ0n) is 9.33. The molecule has 0 bridgehead atoms. The topological polar surface area (TPSA) is 99.5 Å². The molecule has 3 N–H and O–H groups in total. The number of aliphatic hydroxyl groups excluding tert-OH is 2. The van der Waals surface area contributed by atoms with Crippen LogP contribution in [0, 0.1) is 0 Å². The molecular formula is C11H14N2O4. The number of hydrogen-bond donors (Lipinski definition) is 3. The van der Waals surface area contributed by atoms with Crippen LogP contribution in [-0.2, 0) is 4.79 Å². The summed E-state index contributed by atoms with van der Waals surface area (Å²) in [6.07, 6.45) is -0.413. The van der Waals surface area contributed by atoms with Gasteiger partial charge in [0.15, 0.2) is 6.29 Å². The van der Waals surface area contributed by atoms with Crippen LogP contribution in [0.15, 0.2) is 18.3 Å². The van der Waals surface area contributed by atoms with Gasteiger partial charge in [0.1, 0.15) is 12.2 Å². The molecule has 0 aliphatic carbocycles. The van der Waals surface area contributed by atoms with Crippen LogP contribution < -0.4 is 5.32 Å². The lowest BCUT2D eigenvalue weighted by molar-refractivity contribution is -0.119. The standard InChI is InChI=1S/C11H14N2O4/c1-7(15)12-5-10(16)11(17)9-3-2-8(6-14)4-13-9/h2-4,6,10-11,16-17H,5H2,1H3,(H,12,15). The fourth-order valence-electron chi connectivity index (χ4n) is 1.22. The van der Waals surface area contributed by atoms with Gasteiger partial charge in [-0.05, 0) is 12.1 Å². The van der Waals surface area contributed by atoms with Gasteiger partial charge in [0.25, 0.3) is 0 Å². The molecule has 0 aromatic carbocycles. The van der Waals surface area contributed by atoms with Crippen molar-refractivity contribution in [3.8, 4) is 0 Å². The maximum Gasteiger partial charge on any atom is 0.216 e. The minimum absolute atomic E-state index is 0.0619. The minimum Gasteiger partial charge on any atom is -0.388 e. The third-order valence-electron chi connectivity index (χ3n) is 2.17. The molecule has 0 aliphatic rings. The molecule has 0 radical (unpaired) electrons. The summed E-state index contributed by atoms with van der Waals surface area (Å²) in [5.41, 5.74) is 0.630. The van der Waals surface area contributed by atoms with Gasteiger partial charge in [-0.2, -0.15) is 0 Å². The lowest BCUT2D eigenvalue weighted by atomic mass is 10.1. The second-order valence-corrected chi connectivity index (χ2v) is 3.58. The van der Waals surface area contributed by atoms with E-state index in [2.05, 4.69) is 10.3 Å². The van der Waals surface area contributed by atoms with Crippen molar-refractivity contribution in [2.75, 3.05) is 6.54 Å². The summed E-state index contributed by atoms with van der Waals surface area (Å²) in [6, 6.07) is 2.94. The number of carbonyl (C=O) groups is 2. The second-order valence-electron chi connectivity index (χ2n) is 3.58. The Hall–Kier alpha value is -1.79. The third-order valence-corrected chi connectivity index (χ3v) is 2.17. The van der Waals surface area contributed by atoms with E-state index in [4.69, 9.17) is 0 Å². The third kappa shape index (κ3) is 3.93. The van der Waals surface area contributed by atoms with E-state index in [0.29, 0.717) is 11.8 Å². The Labute approximate surface area is 98.3 Å². The van der Waals surface area contributed by atoms with Gasteiger partial charge in [-0.15, -0.1) is 0 Å². The average Bonchev–Trinajstić information content (AvgIpc) is 2.35. The van der Waals surface area contributed by atoms with Crippen molar-refractivity contribution >= 4 is 12.2 Å². The van der Waals surface area contributed by atoms with Crippen molar-refractivity contribution in [2.24, 2.45) is 0 Å². The molecule has 6 nitrogen and oxygen atoms in total. The van der Waals surface area contributed by atoms with E-state index in [1.165, 1.54) is 25.3 Å². The Morgan fingerprint density at radius 2 is 2.24 bits per heavy atom. The Bertz CT molecular complexity index is 391. The summed E-state index contributed by atoms with van der Waals surface area (Å²) in [4.78, 5) is 24.9. The first-order valence-electron chi connectivity index (χ1n) is 5.06. The molecule has 92 valence electrons. The Morgan fingerprint density at radius 1 is 1.53 bits per heavy atom. The predicted molar refractivity (Wildman–Crippen MR) is 59.3 cm³/mol. The van der Waals surface area contributed by atoms with Gasteiger partial charge in [-0.3, -0.25) is 14.6 Å². The predicted octanol–water partition coefficient (Wildman–Crippen LogP) is -0.576. The molecule has 2 atom stereocenters. The van der Waals surface area contributed by atoms with E-state index in [9.17, 15) is 19.8 Å². The van der Waals surface area contributed by atoms with Crippen molar-refractivity contribution < 1.29 is 19.8 Å². The summed E-state index contributed by atoms with van der Waals surface area (Å²) in [7, 11) is 0. The van der Waals surface area contributed by atoms with Gasteiger partial charge < -0.3 is 15.5 Å². The summed E-state index contributed by atoms with van der Waals surface area (Å²) in [5.74, 6) is -0.291. The lowest BCUT2D eigenvalue weighted by Crippen LogP contribution is -2.34. The van der Waals surface area contributed by atoms with Crippen LogP contribution in [0.5, 0.6) is 0 Å². The SMILES string of the molecule is CC(=O)NCC(O)C(O)c1ccc(C=O)cn1. The smallest absolute Gasteiger partial charge is 0.216 e. The molecule has 0 fully saturated rings. The van der Waals surface area contributed by atoms with E-state index in [1.807, 2.05) is 0 Å². The van der Waals surface area contributed by atoms with Gasteiger partial charge in [-0.25, -0.2) is 0 Å². The first kappa shape index (κ1) is 13.3. The van der Waals surface area contributed by atoms with Crippen molar-refractivity contribution in [3.63, 3.8) is 0 Å². The molecule has 0 spiro atoms. The fourth-order valence-corrected chi connectivity index (χ4v) is 1.22. The van der Waals surface area contributed by atoms with Crippen LogP contribution in [0.3, 0.4) is 0 Å². The van der Waals surface area contributed by atoms with Crippen molar-refractivity contribution in [1.82, 2.24) is 10.3 Å². The molecular weight excluding hydrogens is 224 g/mol. The van der Waals surface area contributed by atoms with E-state index in [-0.39, 0.29) is 18.1 Å². The van der Waals surface area contributed by atoms with Gasteiger partial charge in [-0.1, -0.05) is 0 Å². The maximum atomic E-state index is 10.6. The largest absolute Gasteiger partial charge is 0.388 e. The highest BCUT2D eigenvalue weighted by Gasteiger charge is 2.19. The second kappa shape index (κ2) is 6.07. The number of aliphatic hydroxyl groups is 2. The molecule has 0 saturated heterocycles. The quantitative estimate of drug-likeness (QED) is 0.596. The average molecular weight is 238 g/mol. The number of carbonyl (C=O) groups excluding carboxylic acids is 2. The number of pyridine rings is 1. The number of nitrogens with zero attached hydrogens (tertiary/aromatic N) is 1. The number of aldehydes is 1. The monoisotopic (exact) mass is 238 g/mol. The maximum absolute atomic E-state index is 10.6. The minimum atomic E-state index is -1.21. The first-order chi connectivity index (χ1) is 8.04. The van der Waals surface area contributed by atoms with E-state index in [1.54, 1.807) is 0 Å². The summed E-state index contributed by atoms with van der Waals surface area (Å²) < 4.78 is 0. The normalized spacial score (nSPS) is 13.8. The number of hydrogen-bond acceptors (Lipinski definition) is 5. The molecule has 2 unspecified atom stereocenters. The van der Waals surface area contributed by atoms with E-state index in [0.717, 1.165) is 0 Å². The van der Waals surface area contributed by atoms with Crippen molar-refractivity contribution in [2.45, 2.75) is 19.1 Å². The van der Waals surface area contributed by atoms with Gasteiger partial charge in [0.05, 0.1) is 5.69 Å². The van der Waals surface area contributed by atoms with Crippen molar-refractivity contribution in [3.05, 3.63) is 29.6 Å². The van der Waals surface area contributed by atoms with Crippen LogP contribution in [0.4, 0.5) is 0 Å². The molecule has 17 heavy (non-hydrogen) atoms. The lowest BCUT2D eigenvalue weighted by Gasteiger charge is -2.17. The zero-order valence-corrected chi connectivity index (χ0v) is 9.33. The van der Waals surface area contributed by atoms with E-state index >= 15 is 0 Å². The van der Waals surface area contributed by atoms with Crippen LogP contribution in [-0.4, -0.2) is 40.0 Å². The van der Waals surface area contributed by atoms with Gasteiger partial charge in [0, 0.05) is 25.2 Å². The highest BCUT2D eigenvalue weighted by Crippen LogP contribution is 2.14.